The highest BCUT2D eigenvalue weighted by Crippen LogP contribution is 2.24. The lowest BCUT2D eigenvalue weighted by atomic mass is 9.97. The Hall–Kier alpha value is -2.07. The van der Waals surface area contributed by atoms with E-state index in [1.54, 1.807) is 0 Å². The predicted molar refractivity (Wildman–Crippen MR) is 146 cm³/mol. The van der Waals surface area contributed by atoms with Gasteiger partial charge < -0.3 is 4.90 Å². The third kappa shape index (κ3) is 7.50. The molecule has 1 atom stereocenters. The van der Waals surface area contributed by atoms with Gasteiger partial charge >= 0.3 is 0 Å². The number of piperidine rings is 2. The van der Waals surface area contributed by atoms with E-state index in [1.165, 1.54) is 18.1 Å². The fourth-order valence-corrected chi connectivity index (χ4v) is 6.51. The van der Waals surface area contributed by atoms with Gasteiger partial charge in [-0.25, -0.2) is 23.1 Å². The Morgan fingerprint density at radius 3 is 2.57 bits per heavy atom. The van der Waals surface area contributed by atoms with E-state index in [-0.39, 0.29) is 11.9 Å². The average Bonchev–Trinajstić information content (AvgIpc) is 2.86. The summed E-state index contributed by atoms with van der Waals surface area (Å²) in [5.74, 6) is -0.0248. The minimum Gasteiger partial charge on any atom is -0.337 e. The number of sulfonamides is 1. The second kappa shape index (κ2) is 12.2. The average molecular weight is 548 g/mol. The topological polar surface area (TPSA) is 95.5 Å². The first-order chi connectivity index (χ1) is 17.6. The SMILES string of the molecule is Cc1cc(CCCc2ncnc(C(=O)N3CCC(N4CCC[C@H](NS(C)(=O)=O)C4)CC3)c2C)ccc1Cl. The van der Waals surface area contributed by atoms with Gasteiger partial charge in [0, 0.05) is 48.0 Å². The number of nitrogens with one attached hydrogen (secondary N) is 1. The Labute approximate surface area is 225 Å². The van der Waals surface area contributed by atoms with Crippen molar-refractivity contribution in [1.29, 1.82) is 0 Å². The van der Waals surface area contributed by atoms with Gasteiger partial charge in [-0.3, -0.25) is 9.69 Å². The zero-order chi connectivity index (χ0) is 26.6. The van der Waals surface area contributed by atoms with Crippen molar-refractivity contribution in [1.82, 2.24) is 24.5 Å². The quantitative estimate of drug-likeness (QED) is 0.543. The number of benzene rings is 1. The number of carbonyl (C=O) groups excluding carboxylic acids is 1. The van der Waals surface area contributed by atoms with E-state index in [0.29, 0.717) is 24.8 Å². The van der Waals surface area contributed by atoms with Crippen LogP contribution in [0, 0.1) is 13.8 Å². The number of aryl methyl sites for hydroxylation is 3. The molecule has 8 nitrogen and oxygen atoms in total. The number of halogens is 1. The standard InChI is InChI=1S/C27H38ClN5O3S/c1-19-16-21(9-10-24(19)28)6-4-8-25-20(2)26(30-18-29-25)27(34)32-14-11-23(12-15-32)33-13-5-7-22(17-33)31-37(3,35)36/h9-10,16,18,22-23,31H,4-8,11-15,17H2,1-3H3/t22-/m0/s1. The summed E-state index contributed by atoms with van der Waals surface area (Å²) in [6, 6.07) is 6.46. The zero-order valence-corrected chi connectivity index (χ0v) is 23.6. The molecule has 10 heteroatoms. The van der Waals surface area contributed by atoms with Crippen LogP contribution in [-0.2, 0) is 22.9 Å². The van der Waals surface area contributed by atoms with Crippen molar-refractivity contribution in [3.8, 4) is 0 Å². The van der Waals surface area contributed by atoms with E-state index < -0.39 is 10.0 Å². The summed E-state index contributed by atoms with van der Waals surface area (Å²) in [5, 5.41) is 0.784. The Kier molecular flexibility index (Phi) is 9.21. The van der Waals surface area contributed by atoms with Crippen LogP contribution in [0.5, 0.6) is 0 Å². The number of amides is 1. The summed E-state index contributed by atoms with van der Waals surface area (Å²) in [4.78, 5) is 26.5. The number of carbonyl (C=O) groups is 1. The summed E-state index contributed by atoms with van der Waals surface area (Å²) in [5.41, 5.74) is 4.63. The van der Waals surface area contributed by atoms with Crippen LogP contribution in [-0.4, -0.2) is 78.6 Å². The Morgan fingerprint density at radius 1 is 1.11 bits per heavy atom. The Balaban J connectivity index is 1.31. The number of hydrogen-bond acceptors (Lipinski definition) is 6. The molecule has 1 N–H and O–H groups in total. The molecule has 0 spiro atoms. The molecule has 0 bridgehead atoms. The van der Waals surface area contributed by atoms with Crippen LogP contribution < -0.4 is 4.72 Å². The van der Waals surface area contributed by atoms with Crippen molar-refractivity contribution in [3.63, 3.8) is 0 Å². The molecule has 0 radical (unpaired) electrons. The molecule has 37 heavy (non-hydrogen) atoms. The molecule has 2 aromatic rings. The molecule has 2 saturated heterocycles. The van der Waals surface area contributed by atoms with Gasteiger partial charge in [-0.2, -0.15) is 0 Å². The highest BCUT2D eigenvalue weighted by molar-refractivity contribution is 7.88. The van der Waals surface area contributed by atoms with Crippen molar-refractivity contribution in [2.24, 2.45) is 0 Å². The first kappa shape index (κ1) is 28.0. The molecule has 2 fully saturated rings. The molecule has 0 unspecified atom stereocenters. The molecule has 1 aromatic carbocycles. The minimum absolute atomic E-state index is 0.0248. The maximum atomic E-state index is 13.4. The smallest absolute Gasteiger partial charge is 0.272 e. The van der Waals surface area contributed by atoms with Gasteiger partial charge in [-0.05, 0) is 82.5 Å². The van der Waals surface area contributed by atoms with Crippen molar-refractivity contribution < 1.29 is 13.2 Å². The van der Waals surface area contributed by atoms with Crippen molar-refractivity contribution >= 4 is 27.5 Å². The molecule has 202 valence electrons. The van der Waals surface area contributed by atoms with Crippen LogP contribution in [0.3, 0.4) is 0 Å². The zero-order valence-electron chi connectivity index (χ0n) is 22.0. The third-order valence-corrected chi connectivity index (χ3v) is 8.78. The fourth-order valence-electron chi connectivity index (χ4n) is 5.60. The summed E-state index contributed by atoms with van der Waals surface area (Å²) in [7, 11) is -3.21. The summed E-state index contributed by atoms with van der Waals surface area (Å²) >= 11 is 6.14. The second-order valence-corrected chi connectivity index (χ2v) is 12.7. The predicted octanol–water partition coefficient (Wildman–Crippen LogP) is 3.54. The van der Waals surface area contributed by atoms with Crippen molar-refractivity contribution in [2.45, 2.75) is 70.9 Å². The second-order valence-electron chi connectivity index (χ2n) is 10.5. The molecule has 1 amide bonds. The lowest BCUT2D eigenvalue weighted by Crippen LogP contribution is -2.53. The van der Waals surface area contributed by atoms with Crippen molar-refractivity contribution in [3.05, 3.63) is 57.6 Å². The van der Waals surface area contributed by atoms with E-state index >= 15 is 0 Å². The van der Waals surface area contributed by atoms with Gasteiger partial charge in [0.05, 0.1) is 6.26 Å². The van der Waals surface area contributed by atoms with Gasteiger partial charge in [-0.15, -0.1) is 0 Å². The highest BCUT2D eigenvalue weighted by atomic mass is 35.5. The first-order valence-corrected chi connectivity index (χ1v) is 15.4. The lowest BCUT2D eigenvalue weighted by Gasteiger charge is -2.42. The van der Waals surface area contributed by atoms with E-state index in [0.717, 1.165) is 79.9 Å². The third-order valence-electron chi connectivity index (χ3n) is 7.59. The van der Waals surface area contributed by atoms with Crippen LogP contribution in [0.1, 0.15) is 65.0 Å². The van der Waals surface area contributed by atoms with Crippen molar-refractivity contribution in [2.75, 3.05) is 32.4 Å². The fraction of sp³-hybridized carbons (Fsp3) is 0.593. The molecule has 2 aliphatic heterocycles. The van der Waals surface area contributed by atoms with Crippen LogP contribution in [0.15, 0.2) is 24.5 Å². The van der Waals surface area contributed by atoms with E-state index in [1.807, 2.05) is 24.8 Å². The number of nitrogens with zero attached hydrogens (tertiary/aromatic N) is 4. The lowest BCUT2D eigenvalue weighted by molar-refractivity contribution is 0.0561. The Bertz CT molecular complexity index is 1210. The molecule has 4 rings (SSSR count). The van der Waals surface area contributed by atoms with E-state index in [9.17, 15) is 13.2 Å². The number of likely N-dealkylation sites (tertiary alicyclic amines) is 2. The first-order valence-electron chi connectivity index (χ1n) is 13.2. The van der Waals surface area contributed by atoms with Crippen LogP contribution >= 0.6 is 11.6 Å². The number of aromatic nitrogens is 2. The summed E-state index contributed by atoms with van der Waals surface area (Å²) in [6.45, 7) is 7.03. The molecule has 0 saturated carbocycles. The number of rotatable bonds is 8. The van der Waals surface area contributed by atoms with Gasteiger partial charge in [0.1, 0.15) is 12.0 Å². The van der Waals surface area contributed by atoms with Gasteiger partial charge in [0.2, 0.25) is 10.0 Å². The summed E-state index contributed by atoms with van der Waals surface area (Å²) in [6.07, 6.45) is 8.99. The van der Waals surface area contributed by atoms with Gasteiger partial charge in [0.15, 0.2) is 0 Å². The van der Waals surface area contributed by atoms with E-state index in [4.69, 9.17) is 11.6 Å². The largest absolute Gasteiger partial charge is 0.337 e. The highest BCUT2D eigenvalue weighted by Gasteiger charge is 2.32. The molecular formula is C27H38ClN5O3S. The normalized spacial score (nSPS) is 19.8. The maximum absolute atomic E-state index is 13.4. The van der Waals surface area contributed by atoms with Crippen LogP contribution in [0.25, 0.3) is 0 Å². The molecule has 3 heterocycles. The molecule has 2 aliphatic rings. The molecule has 1 aromatic heterocycles. The maximum Gasteiger partial charge on any atom is 0.272 e. The van der Waals surface area contributed by atoms with E-state index in [2.05, 4.69) is 31.7 Å². The number of hydrogen-bond donors (Lipinski definition) is 1. The Morgan fingerprint density at radius 2 is 1.86 bits per heavy atom. The van der Waals surface area contributed by atoms with Gasteiger partial charge in [0.25, 0.3) is 5.91 Å². The summed E-state index contributed by atoms with van der Waals surface area (Å²) < 4.78 is 26.1. The molecular weight excluding hydrogens is 510 g/mol. The van der Waals surface area contributed by atoms with Gasteiger partial charge in [-0.1, -0.05) is 23.7 Å². The van der Waals surface area contributed by atoms with Crippen LogP contribution in [0.4, 0.5) is 0 Å². The monoisotopic (exact) mass is 547 g/mol. The molecule has 0 aliphatic carbocycles. The van der Waals surface area contributed by atoms with Crippen LogP contribution in [0.2, 0.25) is 5.02 Å². The minimum atomic E-state index is -3.21.